The van der Waals surface area contributed by atoms with E-state index in [0.717, 1.165) is 24.5 Å². The molecule has 0 aromatic carbocycles. The van der Waals surface area contributed by atoms with Gasteiger partial charge < -0.3 is 16.0 Å². The van der Waals surface area contributed by atoms with Gasteiger partial charge in [-0.25, -0.2) is 4.98 Å². The number of hydrogen-bond acceptors (Lipinski definition) is 4. The van der Waals surface area contributed by atoms with Crippen LogP contribution < -0.4 is 11.1 Å². The van der Waals surface area contributed by atoms with Gasteiger partial charge in [0.1, 0.15) is 10.8 Å². The van der Waals surface area contributed by atoms with Gasteiger partial charge in [0, 0.05) is 24.8 Å². The summed E-state index contributed by atoms with van der Waals surface area (Å²) < 4.78 is 0. The Labute approximate surface area is 114 Å². The zero-order valence-corrected chi connectivity index (χ0v) is 11.5. The molecule has 18 heavy (non-hydrogen) atoms. The summed E-state index contributed by atoms with van der Waals surface area (Å²) in [4.78, 5) is 7.17. The Morgan fingerprint density at radius 3 is 3.17 bits per heavy atom. The van der Waals surface area contributed by atoms with Crippen LogP contribution in [0.2, 0.25) is 0 Å². The van der Waals surface area contributed by atoms with E-state index in [-0.39, 0.29) is 0 Å². The second-order valence-corrected chi connectivity index (χ2v) is 5.16. The van der Waals surface area contributed by atoms with E-state index in [1.165, 1.54) is 19.5 Å². The van der Waals surface area contributed by atoms with Crippen LogP contribution in [0.4, 0.5) is 5.82 Å². The molecule has 0 saturated carbocycles. The molecule has 1 aliphatic heterocycles. The highest BCUT2D eigenvalue weighted by Gasteiger charge is 2.20. The van der Waals surface area contributed by atoms with Crippen LogP contribution in [0.5, 0.6) is 0 Å². The van der Waals surface area contributed by atoms with E-state index in [4.69, 9.17) is 18.0 Å². The predicted octanol–water partition coefficient (Wildman–Crippen LogP) is 1.47. The zero-order valence-electron chi connectivity index (χ0n) is 10.7. The van der Waals surface area contributed by atoms with Gasteiger partial charge >= 0.3 is 0 Å². The van der Waals surface area contributed by atoms with E-state index in [2.05, 4.69) is 22.1 Å². The Balaban J connectivity index is 1.87. The number of likely N-dealkylation sites (tertiary alicyclic amines) is 1. The average molecular weight is 264 g/mol. The maximum Gasteiger partial charge on any atom is 0.126 e. The summed E-state index contributed by atoms with van der Waals surface area (Å²) in [6, 6.07) is 3.75. The van der Waals surface area contributed by atoms with E-state index in [1.807, 2.05) is 12.1 Å². The fourth-order valence-electron chi connectivity index (χ4n) is 2.30. The summed E-state index contributed by atoms with van der Waals surface area (Å²) >= 11 is 4.96. The number of thiocarbonyl (C=S) groups is 1. The minimum Gasteiger partial charge on any atom is -0.389 e. The van der Waals surface area contributed by atoms with Gasteiger partial charge in [-0.1, -0.05) is 19.1 Å². The first-order valence-electron chi connectivity index (χ1n) is 6.41. The molecule has 0 radical (unpaired) electrons. The number of hydrogen-bond donors (Lipinski definition) is 2. The smallest absolute Gasteiger partial charge is 0.126 e. The number of rotatable bonds is 5. The first kappa shape index (κ1) is 13.2. The van der Waals surface area contributed by atoms with Crippen LogP contribution in [-0.2, 0) is 0 Å². The van der Waals surface area contributed by atoms with Crippen molar-refractivity contribution in [1.82, 2.24) is 9.88 Å². The molecule has 2 rings (SSSR count). The molecule has 1 saturated heterocycles. The molecule has 1 aliphatic rings. The topological polar surface area (TPSA) is 54.2 Å². The second kappa shape index (κ2) is 6.11. The fraction of sp³-hybridized carbons (Fsp3) is 0.538. The summed E-state index contributed by atoms with van der Waals surface area (Å²) in [6.45, 7) is 6.71. The van der Waals surface area contributed by atoms with Gasteiger partial charge in [-0.3, -0.25) is 0 Å². The lowest BCUT2D eigenvalue weighted by molar-refractivity contribution is 0.345. The average Bonchev–Trinajstić information content (AvgIpc) is 2.84. The van der Waals surface area contributed by atoms with Crippen molar-refractivity contribution in [1.29, 1.82) is 0 Å². The van der Waals surface area contributed by atoms with E-state index in [9.17, 15) is 0 Å². The lowest BCUT2D eigenvalue weighted by Crippen LogP contribution is -2.22. The van der Waals surface area contributed by atoms with Crippen molar-refractivity contribution in [3.63, 3.8) is 0 Å². The third kappa shape index (κ3) is 3.40. The Hall–Kier alpha value is -1.20. The Kier molecular flexibility index (Phi) is 4.49. The van der Waals surface area contributed by atoms with E-state index < -0.39 is 0 Å². The van der Waals surface area contributed by atoms with Crippen LogP contribution in [-0.4, -0.2) is 41.1 Å². The molecular weight excluding hydrogens is 244 g/mol. The minimum absolute atomic E-state index is 0.415. The minimum atomic E-state index is 0.415. The largest absolute Gasteiger partial charge is 0.389 e. The Morgan fingerprint density at radius 1 is 1.67 bits per heavy atom. The highest BCUT2D eigenvalue weighted by Crippen LogP contribution is 2.16. The van der Waals surface area contributed by atoms with Crippen LogP contribution in [0.25, 0.3) is 0 Å². The summed E-state index contributed by atoms with van der Waals surface area (Å²) in [6.07, 6.45) is 3.00. The maximum absolute atomic E-state index is 5.61. The molecule has 0 spiro atoms. The van der Waals surface area contributed by atoms with Crippen LogP contribution in [0.1, 0.15) is 18.9 Å². The summed E-state index contributed by atoms with van der Waals surface area (Å²) in [5, 5.41) is 3.37. The van der Waals surface area contributed by atoms with Gasteiger partial charge in [0.25, 0.3) is 0 Å². The van der Waals surface area contributed by atoms with Gasteiger partial charge in [0.2, 0.25) is 0 Å². The van der Waals surface area contributed by atoms with Crippen molar-refractivity contribution in [3.8, 4) is 0 Å². The molecule has 1 aromatic heterocycles. The molecule has 3 N–H and O–H groups in total. The molecule has 5 heteroatoms. The first-order chi connectivity index (χ1) is 8.69. The predicted molar refractivity (Wildman–Crippen MR) is 78.8 cm³/mol. The van der Waals surface area contributed by atoms with E-state index >= 15 is 0 Å². The van der Waals surface area contributed by atoms with Gasteiger partial charge in [-0.05, 0) is 37.6 Å². The standard InChI is InChI=1S/C13H20N4S/c1-2-17-6-4-10(9-17)8-16-12-7-11(13(14)18)3-5-15-12/h3,5,7,10H,2,4,6,8-9H2,1H3,(H2,14,18)(H,15,16). The van der Waals surface area contributed by atoms with Crippen molar-refractivity contribution in [2.45, 2.75) is 13.3 Å². The van der Waals surface area contributed by atoms with Crippen molar-refractivity contribution >= 4 is 23.0 Å². The number of nitrogens with zero attached hydrogens (tertiary/aromatic N) is 2. The number of pyridine rings is 1. The summed E-state index contributed by atoms with van der Waals surface area (Å²) in [5.74, 6) is 1.57. The molecular formula is C13H20N4S. The number of anilines is 1. The van der Waals surface area contributed by atoms with Crippen molar-refractivity contribution in [2.24, 2.45) is 11.7 Å². The lowest BCUT2D eigenvalue weighted by atomic mass is 10.1. The number of nitrogens with two attached hydrogens (primary N) is 1. The molecule has 1 atom stereocenters. The number of aromatic nitrogens is 1. The van der Waals surface area contributed by atoms with Crippen LogP contribution >= 0.6 is 12.2 Å². The van der Waals surface area contributed by atoms with Crippen LogP contribution in [0, 0.1) is 5.92 Å². The second-order valence-electron chi connectivity index (χ2n) is 4.72. The molecule has 0 amide bonds. The maximum atomic E-state index is 5.61. The van der Waals surface area contributed by atoms with Crippen LogP contribution in [0.15, 0.2) is 18.3 Å². The van der Waals surface area contributed by atoms with E-state index in [0.29, 0.717) is 10.9 Å². The van der Waals surface area contributed by atoms with Gasteiger partial charge in [0.15, 0.2) is 0 Å². The quantitative estimate of drug-likeness (QED) is 0.789. The Morgan fingerprint density at radius 2 is 2.50 bits per heavy atom. The van der Waals surface area contributed by atoms with Crippen molar-refractivity contribution in [3.05, 3.63) is 23.9 Å². The van der Waals surface area contributed by atoms with Crippen LogP contribution in [0.3, 0.4) is 0 Å². The SMILES string of the molecule is CCN1CCC(CNc2cc(C(N)=S)ccn2)C1. The van der Waals surface area contributed by atoms with E-state index in [1.54, 1.807) is 6.20 Å². The third-order valence-corrected chi connectivity index (χ3v) is 3.67. The fourth-order valence-corrected chi connectivity index (χ4v) is 2.42. The highest BCUT2D eigenvalue weighted by atomic mass is 32.1. The van der Waals surface area contributed by atoms with Crippen molar-refractivity contribution in [2.75, 3.05) is 31.5 Å². The van der Waals surface area contributed by atoms with Gasteiger partial charge in [-0.2, -0.15) is 0 Å². The molecule has 0 bridgehead atoms. The molecule has 1 aromatic rings. The highest BCUT2D eigenvalue weighted by molar-refractivity contribution is 7.80. The Bertz CT molecular complexity index is 421. The molecule has 0 aliphatic carbocycles. The van der Waals surface area contributed by atoms with Gasteiger partial charge in [-0.15, -0.1) is 0 Å². The molecule has 98 valence electrons. The molecule has 4 nitrogen and oxygen atoms in total. The first-order valence-corrected chi connectivity index (χ1v) is 6.82. The molecule has 1 unspecified atom stereocenters. The third-order valence-electron chi connectivity index (χ3n) is 3.43. The number of nitrogens with one attached hydrogen (secondary N) is 1. The van der Waals surface area contributed by atoms with Gasteiger partial charge in [0.05, 0.1) is 0 Å². The lowest BCUT2D eigenvalue weighted by Gasteiger charge is -2.14. The molecule has 1 fully saturated rings. The normalized spacial score (nSPS) is 19.9. The summed E-state index contributed by atoms with van der Waals surface area (Å²) in [7, 11) is 0. The zero-order chi connectivity index (χ0) is 13.0. The molecule has 2 heterocycles. The summed E-state index contributed by atoms with van der Waals surface area (Å²) in [5.41, 5.74) is 6.47. The van der Waals surface area contributed by atoms with Crippen molar-refractivity contribution < 1.29 is 0 Å². The monoisotopic (exact) mass is 264 g/mol.